The molecule has 1 saturated heterocycles. The summed E-state index contributed by atoms with van der Waals surface area (Å²) in [5.41, 5.74) is 5.57. The van der Waals surface area contributed by atoms with Gasteiger partial charge < -0.3 is 15.1 Å². The maximum absolute atomic E-state index is 14.1. The smallest absolute Gasteiger partial charge is 0.250 e. The maximum Gasteiger partial charge on any atom is 0.250 e. The molecule has 1 aliphatic rings. The second-order valence-electron chi connectivity index (χ2n) is 15.6. The number of hydrogen-bond donors (Lipinski definition) is 1. The normalized spacial score (nSPS) is 14.7. The van der Waals surface area contributed by atoms with Crippen molar-refractivity contribution in [3.63, 3.8) is 0 Å². The average molecular weight is 796 g/mol. The van der Waals surface area contributed by atoms with E-state index in [0.29, 0.717) is 19.5 Å². The van der Waals surface area contributed by atoms with Gasteiger partial charge in [0.05, 0.1) is 28.8 Å². The molecule has 4 aromatic carbocycles. The molecular formula is C47H49N5O3S2. The van der Waals surface area contributed by atoms with Gasteiger partial charge in [0.2, 0.25) is 17.7 Å². The summed E-state index contributed by atoms with van der Waals surface area (Å²) >= 11 is 3.26. The highest BCUT2D eigenvalue weighted by atomic mass is 32.1. The molecule has 0 saturated carbocycles. The van der Waals surface area contributed by atoms with Crippen LogP contribution in [0.5, 0.6) is 0 Å². The summed E-state index contributed by atoms with van der Waals surface area (Å²) in [4.78, 5) is 55.8. The third-order valence-corrected chi connectivity index (χ3v) is 12.5. The third kappa shape index (κ3) is 9.58. The van der Waals surface area contributed by atoms with Crippen molar-refractivity contribution >= 4 is 40.4 Å². The Kier molecular flexibility index (Phi) is 12.4. The fourth-order valence-electron chi connectivity index (χ4n) is 7.10. The maximum atomic E-state index is 14.1. The predicted molar refractivity (Wildman–Crippen MR) is 230 cm³/mol. The lowest BCUT2D eigenvalue weighted by molar-refractivity contribution is -0.139. The van der Waals surface area contributed by atoms with Crippen molar-refractivity contribution in [2.75, 3.05) is 13.1 Å². The Balaban J connectivity index is 0.996. The molecule has 1 fully saturated rings. The zero-order valence-corrected chi connectivity index (χ0v) is 34.6. The highest BCUT2D eigenvalue weighted by Crippen LogP contribution is 2.38. The number of benzene rings is 4. The van der Waals surface area contributed by atoms with Gasteiger partial charge >= 0.3 is 0 Å². The zero-order valence-electron chi connectivity index (χ0n) is 33.0. The molecule has 7 rings (SSSR count). The molecule has 2 aromatic heterocycles. The van der Waals surface area contributed by atoms with Crippen LogP contribution in [-0.4, -0.2) is 50.6 Å². The highest BCUT2D eigenvalue weighted by molar-refractivity contribution is 7.15. The molecule has 10 heteroatoms. The Hall–Kier alpha value is -5.45. The lowest BCUT2D eigenvalue weighted by Crippen LogP contribution is -2.46. The van der Waals surface area contributed by atoms with E-state index in [1.807, 2.05) is 106 Å². The molecule has 3 heterocycles. The Morgan fingerprint density at radius 3 is 1.98 bits per heavy atom. The van der Waals surface area contributed by atoms with Crippen LogP contribution in [0.3, 0.4) is 0 Å². The van der Waals surface area contributed by atoms with Crippen LogP contribution >= 0.6 is 22.7 Å². The molecule has 0 bridgehead atoms. The van der Waals surface area contributed by atoms with Gasteiger partial charge in [-0.15, -0.1) is 22.7 Å². The van der Waals surface area contributed by atoms with Crippen LogP contribution < -0.4 is 5.32 Å². The fraction of sp³-hybridized carbons (Fsp3) is 0.298. The van der Waals surface area contributed by atoms with E-state index in [0.717, 1.165) is 79.0 Å². The van der Waals surface area contributed by atoms with Crippen LogP contribution in [0, 0.1) is 5.41 Å². The number of amides is 3. The summed E-state index contributed by atoms with van der Waals surface area (Å²) in [6.07, 6.45) is 6.95. The van der Waals surface area contributed by atoms with Gasteiger partial charge in [-0.3, -0.25) is 14.4 Å². The van der Waals surface area contributed by atoms with Crippen molar-refractivity contribution in [3.8, 4) is 32.0 Å². The number of likely N-dealkylation sites (tertiary alicyclic amines) is 1. The minimum absolute atomic E-state index is 0.0322. The molecule has 0 radical (unpaired) electrons. The molecule has 3 amide bonds. The second-order valence-corrected chi connectivity index (χ2v) is 17.7. The summed E-state index contributed by atoms with van der Waals surface area (Å²) < 4.78 is 0. The Morgan fingerprint density at radius 2 is 1.37 bits per heavy atom. The molecule has 1 N–H and O–H groups in total. The molecule has 292 valence electrons. The van der Waals surface area contributed by atoms with Crippen molar-refractivity contribution in [1.29, 1.82) is 0 Å². The Labute approximate surface area is 343 Å². The number of nitrogens with zero attached hydrogens (tertiary/aromatic N) is 4. The van der Waals surface area contributed by atoms with Crippen LogP contribution in [0.4, 0.5) is 0 Å². The van der Waals surface area contributed by atoms with Gasteiger partial charge in [0.15, 0.2) is 0 Å². The average Bonchev–Trinajstić information content (AvgIpc) is 4.02. The van der Waals surface area contributed by atoms with Crippen molar-refractivity contribution in [1.82, 2.24) is 25.1 Å². The van der Waals surface area contributed by atoms with Crippen molar-refractivity contribution in [2.45, 2.75) is 72.0 Å². The predicted octanol–water partition coefficient (Wildman–Crippen LogP) is 10.1. The number of carbonyl (C=O) groups is 3. The SMILES string of the molecule is CCCN(Cc1ncc(-c2ccc(-c3ccc(-c4cnc([C@@H]5CCCN5C(=O)Cc5ccccc5)s4)cc3)cc2)s1)C(=O)[C@@H](NC(=O)C(C)(C)C)c1ccccc1. The second kappa shape index (κ2) is 17.8. The lowest BCUT2D eigenvalue weighted by atomic mass is 9.94. The van der Waals surface area contributed by atoms with Crippen LogP contribution in [0.1, 0.15) is 80.2 Å². The van der Waals surface area contributed by atoms with E-state index in [1.165, 1.54) is 0 Å². The summed E-state index contributed by atoms with van der Waals surface area (Å²) in [7, 11) is 0. The van der Waals surface area contributed by atoms with Crippen LogP contribution in [0.15, 0.2) is 122 Å². The molecule has 0 spiro atoms. The third-order valence-electron chi connectivity index (χ3n) is 10.3. The van der Waals surface area contributed by atoms with Gasteiger partial charge in [-0.05, 0) is 52.6 Å². The lowest BCUT2D eigenvalue weighted by Gasteiger charge is -2.29. The van der Waals surface area contributed by atoms with E-state index in [1.54, 1.807) is 27.6 Å². The van der Waals surface area contributed by atoms with Gasteiger partial charge in [0, 0.05) is 30.9 Å². The molecule has 0 aliphatic carbocycles. The number of aromatic nitrogens is 2. The Morgan fingerprint density at radius 1 is 0.789 bits per heavy atom. The molecule has 57 heavy (non-hydrogen) atoms. The van der Waals surface area contributed by atoms with Crippen LogP contribution in [-0.2, 0) is 27.3 Å². The number of nitrogens with one attached hydrogen (secondary N) is 1. The van der Waals surface area contributed by atoms with E-state index in [2.05, 4.69) is 53.8 Å². The summed E-state index contributed by atoms with van der Waals surface area (Å²) in [6.45, 7) is 9.28. The molecule has 6 aromatic rings. The zero-order chi connectivity index (χ0) is 39.9. The van der Waals surface area contributed by atoms with E-state index >= 15 is 0 Å². The largest absolute Gasteiger partial charge is 0.340 e. The molecule has 2 atom stereocenters. The summed E-state index contributed by atoms with van der Waals surface area (Å²) in [5, 5.41) is 4.86. The first-order valence-corrected chi connectivity index (χ1v) is 21.3. The highest BCUT2D eigenvalue weighted by Gasteiger charge is 2.33. The monoisotopic (exact) mass is 795 g/mol. The first-order valence-electron chi connectivity index (χ1n) is 19.7. The molecule has 0 unspecified atom stereocenters. The first-order chi connectivity index (χ1) is 27.6. The van der Waals surface area contributed by atoms with Crippen molar-refractivity contribution in [2.24, 2.45) is 5.41 Å². The number of carbonyl (C=O) groups excluding carboxylic acids is 3. The van der Waals surface area contributed by atoms with Crippen molar-refractivity contribution in [3.05, 3.63) is 143 Å². The van der Waals surface area contributed by atoms with Gasteiger partial charge in [-0.25, -0.2) is 9.97 Å². The standard InChI is InChI=1S/C47H49N5O3S2/c1-5-26-51(45(54)43(37-15-10-7-11-16-37)50-46(55)47(2,3)4)31-41-48-29-39(56-41)35-22-18-33(19-23-35)34-20-24-36(25-21-34)40-30-49-44(57-40)38-17-12-27-52(38)42(53)28-32-13-8-6-9-14-32/h6-11,13-16,18-25,29-30,38,43H,5,12,17,26-28,31H2,1-4H3,(H,50,55)/t38-,43-/m0/s1. The van der Waals surface area contributed by atoms with Crippen LogP contribution in [0.2, 0.25) is 0 Å². The first kappa shape index (κ1) is 39.8. The van der Waals surface area contributed by atoms with Gasteiger partial charge in [0.25, 0.3) is 0 Å². The van der Waals surface area contributed by atoms with E-state index in [9.17, 15) is 14.4 Å². The fourth-order valence-corrected chi connectivity index (χ4v) is 9.11. The minimum Gasteiger partial charge on any atom is -0.340 e. The topological polar surface area (TPSA) is 95.5 Å². The molecule has 1 aliphatic heterocycles. The van der Waals surface area contributed by atoms with Gasteiger partial charge in [-0.2, -0.15) is 0 Å². The van der Waals surface area contributed by atoms with E-state index in [-0.39, 0.29) is 23.8 Å². The minimum atomic E-state index is -0.782. The van der Waals surface area contributed by atoms with E-state index in [4.69, 9.17) is 9.97 Å². The van der Waals surface area contributed by atoms with Gasteiger partial charge in [0.1, 0.15) is 16.1 Å². The van der Waals surface area contributed by atoms with Gasteiger partial charge in [-0.1, -0.05) is 137 Å². The number of rotatable bonds is 13. The van der Waals surface area contributed by atoms with Crippen molar-refractivity contribution < 1.29 is 14.4 Å². The van der Waals surface area contributed by atoms with Crippen LogP contribution in [0.25, 0.3) is 32.0 Å². The number of thiazole rings is 2. The summed E-state index contributed by atoms with van der Waals surface area (Å²) in [6, 6.07) is 35.7. The number of hydrogen-bond acceptors (Lipinski definition) is 7. The van der Waals surface area contributed by atoms with E-state index < -0.39 is 11.5 Å². The quantitative estimate of drug-likeness (QED) is 0.126. The molecule has 8 nitrogen and oxygen atoms in total. The molecular weight excluding hydrogens is 747 g/mol. The summed E-state index contributed by atoms with van der Waals surface area (Å²) in [5.74, 6) is -0.157. The Bertz CT molecular complexity index is 2280.